The van der Waals surface area contributed by atoms with Gasteiger partial charge in [-0.25, -0.2) is 4.79 Å². The fraction of sp³-hybridized carbons (Fsp3) is 0.600. The van der Waals surface area contributed by atoms with Crippen LogP contribution in [0.5, 0.6) is 0 Å². The summed E-state index contributed by atoms with van der Waals surface area (Å²) >= 11 is 0. The normalized spacial score (nSPS) is 19.0. The van der Waals surface area contributed by atoms with Gasteiger partial charge in [0.25, 0.3) is 5.91 Å². The highest BCUT2D eigenvalue weighted by atomic mass is 16.4. The Morgan fingerprint density at radius 2 is 2.09 bits per heavy atom. The predicted octanol–water partition coefficient (Wildman–Crippen LogP) is 0.250. The molecule has 2 amide bonds. The van der Waals surface area contributed by atoms with Crippen molar-refractivity contribution in [2.75, 3.05) is 6.54 Å². The summed E-state index contributed by atoms with van der Waals surface area (Å²) < 4.78 is 1.50. The number of likely N-dealkylation sites (tertiary alicyclic amines) is 1. The summed E-state index contributed by atoms with van der Waals surface area (Å²) in [6, 6.07) is -1.57. The first-order valence-electron chi connectivity index (χ1n) is 7.64. The van der Waals surface area contributed by atoms with Gasteiger partial charge >= 0.3 is 5.97 Å². The molecular weight excluding hydrogens is 300 g/mol. The second kappa shape index (κ2) is 6.80. The number of aliphatic carboxylic acids is 1. The van der Waals surface area contributed by atoms with Gasteiger partial charge < -0.3 is 15.3 Å². The van der Waals surface area contributed by atoms with Gasteiger partial charge in [0.2, 0.25) is 5.91 Å². The molecule has 0 saturated carbocycles. The maximum absolute atomic E-state index is 12.7. The molecule has 0 spiro atoms. The lowest BCUT2D eigenvalue weighted by Gasteiger charge is -2.29. The summed E-state index contributed by atoms with van der Waals surface area (Å²) in [6.07, 6.45) is 4.09. The van der Waals surface area contributed by atoms with E-state index in [2.05, 4.69) is 10.4 Å². The maximum atomic E-state index is 12.7. The Balaban J connectivity index is 2.13. The molecule has 0 aromatic carbocycles. The quantitative estimate of drug-likeness (QED) is 0.808. The molecule has 0 radical (unpaired) electrons. The van der Waals surface area contributed by atoms with E-state index in [0.717, 1.165) is 0 Å². The Morgan fingerprint density at radius 3 is 2.61 bits per heavy atom. The third-order valence-electron chi connectivity index (χ3n) is 4.01. The lowest BCUT2D eigenvalue weighted by molar-refractivity contribution is -0.149. The number of amides is 2. The van der Waals surface area contributed by atoms with Crippen LogP contribution in [0.2, 0.25) is 0 Å². The summed E-state index contributed by atoms with van der Waals surface area (Å²) in [5.41, 5.74) is 0.363. The average molecular weight is 322 g/mol. The molecule has 1 fully saturated rings. The fourth-order valence-corrected chi connectivity index (χ4v) is 2.74. The van der Waals surface area contributed by atoms with Crippen LogP contribution in [0, 0.1) is 5.92 Å². The molecule has 23 heavy (non-hydrogen) atoms. The van der Waals surface area contributed by atoms with Gasteiger partial charge in [-0.15, -0.1) is 0 Å². The number of carbonyl (C=O) groups is 3. The molecule has 8 heteroatoms. The minimum Gasteiger partial charge on any atom is -0.480 e. The molecule has 126 valence electrons. The first kappa shape index (κ1) is 17.0. The smallest absolute Gasteiger partial charge is 0.326 e. The second-order valence-electron chi connectivity index (χ2n) is 6.13. The molecule has 1 saturated heterocycles. The summed E-state index contributed by atoms with van der Waals surface area (Å²) in [7, 11) is 1.70. The third-order valence-corrected chi connectivity index (χ3v) is 4.01. The van der Waals surface area contributed by atoms with Crippen molar-refractivity contribution < 1.29 is 19.5 Å². The van der Waals surface area contributed by atoms with Gasteiger partial charge in [-0.2, -0.15) is 5.10 Å². The molecule has 2 atom stereocenters. The number of hydrogen-bond acceptors (Lipinski definition) is 4. The summed E-state index contributed by atoms with van der Waals surface area (Å²) in [5, 5.41) is 15.9. The maximum Gasteiger partial charge on any atom is 0.326 e. The molecule has 1 aliphatic heterocycles. The minimum atomic E-state index is -1.00. The molecule has 2 rings (SSSR count). The van der Waals surface area contributed by atoms with E-state index in [1.165, 1.54) is 15.8 Å². The second-order valence-corrected chi connectivity index (χ2v) is 6.13. The molecule has 1 aromatic heterocycles. The van der Waals surface area contributed by atoms with E-state index in [4.69, 9.17) is 0 Å². The number of aromatic nitrogens is 2. The number of nitrogens with one attached hydrogen (secondary N) is 1. The number of carboxylic acid groups (broad SMARTS) is 1. The summed E-state index contributed by atoms with van der Waals surface area (Å²) in [4.78, 5) is 37.6. The topological polar surface area (TPSA) is 105 Å². The van der Waals surface area contributed by atoms with Crippen molar-refractivity contribution in [2.45, 2.75) is 38.8 Å². The highest BCUT2D eigenvalue weighted by molar-refractivity contribution is 5.98. The number of rotatable bonds is 5. The zero-order valence-corrected chi connectivity index (χ0v) is 13.5. The van der Waals surface area contributed by atoms with E-state index in [1.54, 1.807) is 13.2 Å². The van der Waals surface area contributed by atoms with Gasteiger partial charge in [-0.05, 0) is 18.8 Å². The molecule has 1 aromatic rings. The van der Waals surface area contributed by atoms with E-state index in [9.17, 15) is 19.5 Å². The number of hydrogen-bond donors (Lipinski definition) is 2. The van der Waals surface area contributed by atoms with Crippen LogP contribution >= 0.6 is 0 Å². The van der Waals surface area contributed by atoms with E-state index in [1.807, 2.05) is 13.8 Å². The van der Waals surface area contributed by atoms with Crippen LogP contribution in [0.4, 0.5) is 0 Å². The van der Waals surface area contributed by atoms with Crippen molar-refractivity contribution in [3.05, 3.63) is 18.0 Å². The lowest BCUT2D eigenvalue weighted by Crippen LogP contribution is -2.53. The molecule has 2 heterocycles. The zero-order valence-electron chi connectivity index (χ0n) is 13.5. The van der Waals surface area contributed by atoms with Crippen LogP contribution < -0.4 is 5.32 Å². The van der Waals surface area contributed by atoms with Crippen LogP contribution in [0.15, 0.2) is 12.4 Å². The first-order chi connectivity index (χ1) is 10.8. The highest BCUT2D eigenvalue weighted by Gasteiger charge is 2.38. The molecule has 2 N–H and O–H groups in total. The number of carboxylic acids is 1. The molecule has 0 aliphatic carbocycles. The minimum absolute atomic E-state index is 0.154. The Labute approximate surface area is 134 Å². The molecule has 0 unspecified atom stereocenters. The van der Waals surface area contributed by atoms with Crippen LogP contribution in [0.25, 0.3) is 0 Å². The average Bonchev–Trinajstić information content (AvgIpc) is 3.11. The van der Waals surface area contributed by atoms with Crippen molar-refractivity contribution in [3.63, 3.8) is 0 Å². The Bertz CT molecular complexity index is 610. The summed E-state index contributed by atoms with van der Waals surface area (Å²) in [6.45, 7) is 4.04. The van der Waals surface area contributed by atoms with Crippen molar-refractivity contribution in [1.82, 2.24) is 20.0 Å². The Hall–Kier alpha value is -2.38. The van der Waals surface area contributed by atoms with Crippen LogP contribution in [0.3, 0.4) is 0 Å². The van der Waals surface area contributed by atoms with Gasteiger partial charge in [-0.3, -0.25) is 14.3 Å². The highest BCUT2D eigenvalue weighted by Crippen LogP contribution is 2.20. The van der Waals surface area contributed by atoms with E-state index in [-0.39, 0.29) is 11.8 Å². The molecular formula is C15H22N4O4. The Kier molecular flexibility index (Phi) is 5.02. The zero-order chi connectivity index (χ0) is 17.1. The van der Waals surface area contributed by atoms with Gasteiger partial charge in [0.15, 0.2) is 0 Å². The third kappa shape index (κ3) is 3.69. The molecule has 8 nitrogen and oxygen atoms in total. The van der Waals surface area contributed by atoms with Crippen LogP contribution in [-0.4, -0.2) is 56.2 Å². The molecule has 1 aliphatic rings. The fourth-order valence-electron chi connectivity index (χ4n) is 2.74. The van der Waals surface area contributed by atoms with Gasteiger partial charge in [0.05, 0.1) is 11.8 Å². The SMILES string of the molecule is CC(C)[C@H](NC(=O)c1cnn(C)c1)C(=O)N1CCC[C@H]1C(=O)O. The van der Waals surface area contributed by atoms with Crippen LogP contribution in [0.1, 0.15) is 37.0 Å². The Morgan fingerprint density at radius 1 is 1.39 bits per heavy atom. The van der Waals surface area contributed by atoms with E-state index >= 15 is 0 Å². The van der Waals surface area contributed by atoms with Gasteiger partial charge in [0, 0.05) is 19.8 Å². The number of carbonyl (C=O) groups excluding carboxylic acids is 2. The number of nitrogens with zero attached hydrogens (tertiary/aromatic N) is 3. The van der Waals surface area contributed by atoms with Crippen molar-refractivity contribution >= 4 is 17.8 Å². The van der Waals surface area contributed by atoms with Crippen molar-refractivity contribution in [3.8, 4) is 0 Å². The lowest BCUT2D eigenvalue weighted by atomic mass is 10.0. The summed E-state index contributed by atoms with van der Waals surface area (Å²) in [5.74, 6) is -1.89. The van der Waals surface area contributed by atoms with Crippen molar-refractivity contribution in [2.24, 2.45) is 13.0 Å². The van der Waals surface area contributed by atoms with E-state index in [0.29, 0.717) is 24.9 Å². The van der Waals surface area contributed by atoms with Crippen molar-refractivity contribution in [1.29, 1.82) is 0 Å². The monoisotopic (exact) mass is 322 g/mol. The predicted molar refractivity (Wildman–Crippen MR) is 81.7 cm³/mol. The largest absolute Gasteiger partial charge is 0.480 e. The standard InChI is InChI=1S/C15H22N4O4/c1-9(2)12(17-13(20)10-7-16-18(3)8-10)14(21)19-6-4-5-11(19)15(22)23/h7-9,11-12H,4-6H2,1-3H3,(H,17,20)(H,22,23)/t11-,12-/m0/s1. The first-order valence-corrected chi connectivity index (χ1v) is 7.64. The van der Waals surface area contributed by atoms with Crippen LogP contribution in [-0.2, 0) is 16.6 Å². The van der Waals surface area contributed by atoms with Gasteiger partial charge in [-0.1, -0.05) is 13.8 Å². The van der Waals surface area contributed by atoms with E-state index < -0.39 is 24.0 Å². The van der Waals surface area contributed by atoms with Gasteiger partial charge in [0.1, 0.15) is 12.1 Å². The molecule has 0 bridgehead atoms. The number of aryl methyl sites for hydroxylation is 1.